The van der Waals surface area contributed by atoms with Crippen molar-refractivity contribution in [2.75, 3.05) is 0 Å². The van der Waals surface area contributed by atoms with Crippen LogP contribution in [0.5, 0.6) is 0 Å². The van der Waals surface area contributed by atoms with Gasteiger partial charge in [0.05, 0.1) is 5.04 Å². The molecule has 0 fully saturated rings. The highest BCUT2D eigenvalue weighted by molar-refractivity contribution is 6.60. The van der Waals surface area contributed by atoms with Crippen molar-refractivity contribution in [2.45, 2.75) is 31.7 Å². The van der Waals surface area contributed by atoms with Crippen molar-refractivity contribution in [1.82, 2.24) is 0 Å². The molecule has 4 heteroatoms. The van der Waals surface area contributed by atoms with Gasteiger partial charge in [0.1, 0.15) is 0 Å². The smallest absolute Gasteiger partial charge is 0.389 e. The molecular formula is C8H16O3Si. The second-order valence-corrected chi connectivity index (χ2v) is 6.15. The summed E-state index contributed by atoms with van der Waals surface area (Å²) in [6.45, 7) is 3.65. The highest BCUT2D eigenvalue weighted by atomic mass is 28.4. The summed E-state index contributed by atoms with van der Waals surface area (Å²) in [6, 6.07) is 0. The zero-order chi connectivity index (χ0) is 9.41. The largest absolute Gasteiger partial charge is 0.503 e. The predicted octanol–water partition coefficient (Wildman–Crippen LogP) is 0.649. The quantitative estimate of drug-likeness (QED) is 0.418. The summed E-state index contributed by atoms with van der Waals surface area (Å²) in [5, 5.41) is -0.800. The van der Waals surface area contributed by atoms with E-state index in [9.17, 15) is 14.4 Å². The molecule has 0 aliphatic heterocycles. The third-order valence-corrected chi connectivity index (χ3v) is 5.08. The number of allylic oxidation sites excluding steroid dienone is 2. The Hall–Kier alpha value is -0.163. The summed E-state index contributed by atoms with van der Waals surface area (Å²) in [5.74, 6) is 0.133. The molecule has 0 aromatic rings. The van der Waals surface area contributed by atoms with Crippen molar-refractivity contribution in [3.05, 3.63) is 12.2 Å². The second-order valence-electron chi connectivity index (χ2n) is 3.80. The molecule has 0 saturated heterocycles. The first kappa shape index (κ1) is 9.92. The molecule has 2 atom stereocenters. The average Bonchev–Trinajstić information content (AvgIpc) is 1.93. The minimum Gasteiger partial charge on any atom is -0.389 e. The van der Waals surface area contributed by atoms with Gasteiger partial charge in [0.25, 0.3) is 0 Å². The van der Waals surface area contributed by atoms with Crippen LogP contribution < -0.4 is 0 Å². The van der Waals surface area contributed by atoms with E-state index in [4.69, 9.17) is 0 Å². The molecule has 1 rings (SSSR count). The van der Waals surface area contributed by atoms with Crippen LogP contribution in [0.25, 0.3) is 0 Å². The standard InChI is InChI=1S/C8H16O3Si/c1-7-5-3-4-6-8(7,2)12(9,10)11/h4,6-7,9-11H,3,5H2,1-2H3. The van der Waals surface area contributed by atoms with E-state index in [0.29, 0.717) is 0 Å². The molecule has 12 heavy (non-hydrogen) atoms. The molecule has 2 unspecified atom stereocenters. The van der Waals surface area contributed by atoms with Gasteiger partial charge in [-0.1, -0.05) is 26.0 Å². The molecule has 0 spiro atoms. The van der Waals surface area contributed by atoms with E-state index in [1.807, 2.05) is 13.0 Å². The lowest BCUT2D eigenvalue weighted by Crippen LogP contribution is -2.50. The fourth-order valence-corrected chi connectivity index (χ4v) is 2.73. The Bertz CT molecular complexity index is 197. The molecule has 3 N–H and O–H groups in total. The summed E-state index contributed by atoms with van der Waals surface area (Å²) >= 11 is 0. The Morgan fingerprint density at radius 1 is 1.42 bits per heavy atom. The molecule has 3 nitrogen and oxygen atoms in total. The van der Waals surface area contributed by atoms with Crippen LogP contribution in [0.15, 0.2) is 12.2 Å². The SMILES string of the molecule is CC1CCC=CC1(C)[Si](O)(O)O. The van der Waals surface area contributed by atoms with Gasteiger partial charge < -0.3 is 14.4 Å². The van der Waals surface area contributed by atoms with E-state index in [0.717, 1.165) is 12.8 Å². The van der Waals surface area contributed by atoms with Crippen molar-refractivity contribution >= 4 is 8.80 Å². The van der Waals surface area contributed by atoms with Gasteiger partial charge in [-0.05, 0) is 18.8 Å². The zero-order valence-corrected chi connectivity index (χ0v) is 8.49. The summed E-state index contributed by atoms with van der Waals surface area (Å²) in [4.78, 5) is 27.8. The molecule has 0 radical (unpaired) electrons. The van der Waals surface area contributed by atoms with E-state index in [2.05, 4.69) is 0 Å². The number of hydrogen-bond donors (Lipinski definition) is 3. The Labute approximate surface area is 73.7 Å². The van der Waals surface area contributed by atoms with Gasteiger partial charge in [-0.2, -0.15) is 0 Å². The van der Waals surface area contributed by atoms with Gasteiger partial charge in [-0.25, -0.2) is 0 Å². The molecular weight excluding hydrogens is 172 g/mol. The van der Waals surface area contributed by atoms with Crippen LogP contribution in [0.3, 0.4) is 0 Å². The molecule has 1 aliphatic carbocycles. The molecule has 0 aromatic heterocycles. The third kappa shape index (κ3) is 1.47. The fourth-order valence-electron chi connectivity index (χ4n) is 1.58. The molecule has 0 amide bonds. The summed E-state index contributed by atoms with van der Waals surface area (Å²) in [5.41, 5.74) is 0. The van der Waals surface area contributed by atoms with E-state index >= 15 is 0 Å². The lowest BCUT2D eigenvalue weighted by molar-refractivity contribution is 0.169. The van der Waals surface area contributed by atoms with Gasteiger partial charge in [0.15, 0.2) is 0 Å². The Kier molecular flexibility index (Phi) is 2.44. The Morgan fingerprint density at radius 3 is 2.33 bits per heavy atom. The molecule has 0 heterocycles. The van der Waals surface area contributed by atoms with E-state index in [1.165, 1.54) is 0 Å². The van der Waals surface area contributed by atoms with Crippen molar-refractivity contribution in [3.63, 3.8) is 0 Å². The van der Waals surface area contributed by atoms with E-state index < -0.39 is 13.8 Å². The summed E-state index contributed by atoms with van der Waals surface area (Å²) in [7, 11) is -4.03. The summed E-state index contributed by atoms with van der Waals surface area (Å²) < 4.78 is 0. The Morgan fingerprint density at radius 2 is 2.00 bits per heavy atom. The van der Waals surface area contributed by atoms with Crippen LogP contribution in [0, 0.1) is 5.92 Å². The number of rotatable bonds is 1. The minimum atomic E-state index is -4.03. The highest BCUT2D eigenvalue weighted by Crippen LogP contribution is 2.47. The van der Waals surface area contributed by atoms with Crippen LogP contribution >= 0.6 is 0 Å². The third-order valence-electron chi connectivity index (χ3n) is 2.98. The summed E-state index contributed by atoms with van der Waals surface area (Å²) in [6.07, 6.45) is 5.52. The lowest BCUT2D eigenvalue weighted by atomic mass is 9.86. The molecule has 70 valence electrons. The first-order chi connectivity index (χ1) is 5.38. The van der Waals surface area contributed by atoms with Crippen LogP contribution in [0.4, 0.5) is 0 Å². The lowest BCUT2D eigenvalue weighted by Gasteiger charge is -2.38. The maximum Gasteiger partial charge on any atom is 0.503 e. The van der Waals surface area contributed by atoms with Gasteiger partial charge in [0, 0.05) is 0 Å². The van der Waals surface area contributed by atoms with Crippen molar-refractivity contribution < 1.29 is 14.4 Å². The highest BCUT2D eigenvalue weighted by Gasteiger charge is 2.52. The average molecular weight is 188 g/mol. The van der Waals surface area contributed by atoms with Gasteiger partial charge in [0.2, 0.25) is 0 Å². The fraction of sp³-hybridized carbons (Fsp3) is 0.750. The maximum absolute atomic E-state index is 9.27. The van der Waals surface area contributed by atoms with Gasteiger partial charge >= 0.3 is 8.80 Å². The molecule has 0 aromatic carbocycles. The van der Waals surface area contributed by atoms with Crippen LogP contribution in [-0.4, -0.2) is 23.2 Å². The van der Waals surface area contributed by atoms with Crippen molar-refractivity contribution in [1.29, 1.82) is 0 Å². The van der Waals surface area contributed by atoms with Gasteiger partial charge in [-0.3, -0.25) is 0 Å². The molecule has 0 saturated carbocycles. The predicted molar refractivity (Wildman–Crippen MR) is 48.3 cm³/mol. The van der Waals surface area contributed by atoms with E-state index in [1.54, 1.807) is 13.0 Å². The van der Waals surface area contributed by atoms with Gasteiger partial charge in [-0.15, -0.1) is 0 Å². The zero-order valence-electron chi connectivity index (χ0n) is 7.49. The van der Waals surface area contributed by atoms with Crippen molar-refractivity contribution in [3.8, 4) is 0 Å². The number of hydrogen-bond acceptors (Lipinski definition) is 3. The normalized spacial score (nSPS) is 36.9. The van der Waals surface area contributed by atoms with E-state index in [-0.39, 0.29) is 5.92 Å². The first-order valence-corrected chi connectivity index (χ1v) is 6.07. The molecule has 0 bridgehead atoms. The first-order valence-electron chi connectivity index (χ1n) is 4.23. The van der Waals surface area contributed by atoms with Crippen LogP contribution in [-0.2, 0) is 0 Å². The Balaban J connectivity index is 2.94. The molecule has 1 aliphatic rings. The maximum atomic E-state index is 9.27. The monoisotopic (exact) mass is 188 g/mol. The second kappa shape index (κ2) is 2.96. The minimum absolute atomic E-state index is 0.133. The topological polar surface area (TPSA) is 60.7 Å². The van der Waals surface area contributed by atoms with Crippen LogP contribution in [0.2, 0.25) is 5.04 Å². The van der Waals surface area contributed by atoms with Crippen molar-refractivity contribution in [2.24, 2.45) is 5.92 Å². The van der Waals surface area contributed by atoms with Crippen LogP contribution in [0.1, 0.15) is 26.7 Å².